The van der Waals surface area contributed by atoms with Gasteiger partial charge in [-0.05, 0) is 18.5 Å². The highest BCUT2D eigenvalue weighted by molar-refractivity contribution is 6.28. The molecule has 170 valence electrons. The smallest absolute Gasteiger partial charge is 0.321 e. The van der Waals surface area contributed by atoms with Crippen LogP contribution in [0.1, 0.15) is 41.8 Å². The summed E-state index contributed by atoms with van der Waals surface area (Å²) in [6.07, 6.45) is -2.93. The number of hydrogen-bond donors (Lipinski definition) is 2. The minimum Gasteiger partial charge on any atom is -0.363 e. The first-order valence-corrected chi connectivity index (χ1v) is 10.3. The average Bonchev–Trinajstić information content (AvgIpc) is 3.17. The third kappa shape index (κ3) is 4.29. The summed E-state index contributed by atoms with van der Waals surface area (Å²) in [5.41, 5.74) is 0.499. The van der Waals surface area contributed by atoms with Crippen molar-refractivity contribution in [3.05, 3.63) is 51.7 Å². The zero-order valence-corrected chi connectivity index (χ0v) is 17.8. The van der Waals surface area contributed by atoms with Crippen LogP contribution in [0, 0.1) is 5.82 Å². The number of urea groups is 1. The van der Waals surface area contributed by atoms with Crippen molar-refractivity contribution in [1.82, 2.24) is 25.1 Å². The van der Waals surface area contributed by atoms with Crippen LogP contribution >= 0.6 is 11.6 Å². The summed E-state index contributed by atoms with van der Waals surface area (Å²) in [4.78, 5) is 35.8. The Hall–Kier alpha value is -3.08. The second-order valence-electron chi connectivity index (χ2n) is 7.59. The molecular weight excluding hydrogens is 449 g/mol. The van der Waals surface area contributed by atoms with Crippen molar-refractivity contribution in [2.24, 2.45) is 0 Å². The average molecular weight is 469 g/mol. The lowest BCUT2D eigenvalue weighted by molar-refractivity contribution is -0.123. The third-order valence-electron chi connectivity index (χ3n) is 5.45. The number of rotatable bonds is 4. The SMILES string of the molecule is C[C@@H](Nc1nc(Cl)nc2c1CN(C(=O)N1CCNC(=O)C1)C2)c1cccc(C(F)F)c1F. The molecule has 2 aliphatic heterocycles. The first-order valence-electron chi connectivity index (χ1n) is 9.93. The van der Waals surface area contributed by atoms with Gasteiger partial charge in [0.05, 0.1) is 30.4 Å². The monoisotopic (exact) mass is 468 g/mol. The van der Waals surface area contributed by atoms with Gasteiger partial charge in [-0.2, -0.15) is 0 Å². The molecule has 1 aromatic carbocycles. The van der Waals surface area contributed by atoms with Gasteiger partial charge < -0.3 is 20.4 Å². The van der Waals surface area contributed by atoms with E-state index in [-0.39, 0.29) is 42.4 Å². The summed E-state index contributed by atoms with van der Waals surface area (Å²) in [6, 6.07) is 2.80. The summed E-state index contributed by atoms with van der Waals surface area (Å²) < 4.78 is 40.7. The number of nitrogens with one attached hydrogen (secondary N) is 2. The number of carbonyl (C=O) groups is 2. The predicted octanol–water partition coefficient (Wildman–Crippen LogP) is 3.25. The van der Waals surface area contributed by atoms with Gasteiger partial charge in [-0.1, -0.05) is 18.2 Å². The van der Waals surface area contributed by atoms with E-state index in [0.29, 0.717) is 30.2 Å². The summed E-state index contributed by atoms with van der Waals surface area (Å²) >= 11 is 6.05. The van der Waals surface area contributed by atoms with Gasteiger partial charge in [0, 0.05) is 24.2 Å². The van der Waals surface area contributed by atoms with E-state index in [1.54, 1.807) is 6.92 Å². The second kappa shape index (κ2) is 8.81. The lowest BCUT2D eigenvalue weighted by atomic mass is 10.0. The summed E-state index contributed by atoms with van der Waals surface area (Å²) in [7, 11) is 0. The van der Waals surface area contributed by atoms with Crippen molar-refractivity contribution in [3.63, 3.8) is 0 Å². The minimum atomic E-state index is -2.93. The van der Waals surface area contributed by atoms with Crippen molar-refractivity contribution in [3.8, 4) is 0 Å². The Morgan fingerprint density at radius 1 is 1.19 bits per heavy atom. The molecule has 8 nitrogen and oxygen atoms in total. The van der Waals surface area contributed by atoms with Crippen molar-refractivity contribution in [2.75, 3.05) is 25.0 Å². The van der Waals surface area contributed by atoms with E-state index in [1.807, 2.05) is 0 Å². The van der Waals surface area contributed by atoms with Gasteiger partial charge in [0.15, 0.2) is 0 Å². The second-order valence-corrected chi connectivity index (χ2v) is 7.93. The number of aromatic nitrogens is 2. The molecule has 0 saturated carbocycles. The lowest BCUT2D eigenvalue weighted by Gasteiger charge is -2.30. The Labute approximate surface area is 186 Å². The Balaban J connectivity index is 1.55. The van der Waals surface area contributed by atoms with Gasteiger partial charge in [-0.15, -0.1) is 0 Å². The van der Waals surface area contributed by atoms with E-state index in [0.717, 1.165) is 6.07 Å². The molecule has 2 aliphatic rings. The molecule has 1 atom stereocenters. The number of carbonyl (C=O) groups excluding carboxylic acids is 2. The number of halogens is 4. The maximum atomic E-state index is 14.6. The molecule has 4 rings (SSSR count). The summed E-state index contributed by atoms with van der Waals surface area (Å²) in [5.74, 6) is -0.922. The van der Waals surface area contributed by atoms with Crippen LogP contribution in [-0.4, -0.2) is 51.3 Å². The fourth-order valence-electron chi connectivity index (χ4n) is 3.84. The van der Waals surface area contributed by atoms with Gasteiger partial charge in [-0.3, -0.25) is 4.79 Å². The van der Waals surface area contributed by atoms with Crippen molar-refractivity contribution >= 4 is 29.4 Å². The lowest BCUT2D eigenvalue weighted by Crippen LogP contribution is -2.53. The number of anilines is 1. The zero-order chi connectivity index (χ0) is 23.0. The standard InChI is InChI=1S/C20H20ClF3N6O2/c1-10(11-3-2-4-12(16(11)22)17(23)24)26-18-13-7-30(8-14(13)27-19(21)28-18)20(32)29-6-5-25-15(31)9-29/h2-4,10,17H,5-9H2,1H3,(H,25,31)(H,26,27,28)/t10-/m1/s1. The molecule has 1 aromatic heterocycles. The molecule has 0 unspecified atom stereocenters. The highest BCUT2D eigenvalue weighted by atomic mass is 35.5. The predicted molar refractivity (Wildman–Crippen MR) is 110 cm³/mol. The first kappa shape index (κ1) is 22.1. The van der Waals surface area contributed by atoms with Crippen LogP contribution in [0.15, 0.2) is 18.2 Å². The Kier molecular flexibility index (Phi) is 6.09. The van der Waals surface area contributed by atoms with Crippen molar-refractivity contribution in [1.29, 1.82) is 0 Å². The molecule has 0 bridgehead atoms. The fraction of sp³-hybridized carbons (Fsp3) is 0.400. The van der Waals surface area contributed by atoms with E-state index in [1.165, 1.54) is 21.9 Å². The number of benzene rings is 1. The number of alkyl halides is 2. The van der Waals surface area contributed by atoms with Crippen LogP contribution in [0.4, 0.5) is 23.8 Å². The largest absolute Gasteiger partial charge is 0.363 e. The minimum absolute atomic E-state index is 0.0278. The van der Waals surface area contributed by atoms with E-state index < -0.39 is 23.8 Å². The maximum Gasteiger partial charge on any atom is 0.321 e. The molecule has 12 heteroatoms. The van der Waals surface area contributed by atoms with Crippen LogP contribution in [0.2, 0.25) is 5.28 Å². The summed E-state index contributed by atoms with van der Waals surface area (Å²) in [6.45, 7) is 2.70. The number of nitrogens with zero attached hydrogens (tertiary/aromatic N) is 4. The molecule has 2 N–H and O–H groups in total. The van der Waals surface area contributed by atoms with Crippen LogP contribution in [0.5, 0.6) is 0 Å². The zero-order valence-electron chi connectivity index (χ0n) is 17.0. The fourth-order valence-corrected chi connectivity index (χ4v) is 4.02. The highest BCUT2D eigenvalue weighted by Crippen LogP contribution is 2.33. The first-order chi connectivity index (χ1) is 15.2. The van der Waals surface area contributed by atoms with Crippen molar-refractivity contribution in [2.45, 2.75) is 32.5 Å². The molecule has 1 fully saturated rings. The summed E-state index contributed by atoms with van der Waals surface area (Å²) in [5, 5.41) is 5.62. The molecule has 3 amide bonds. The highest BCUT2D eigenvalue weighted by Gasteiger charge is 2.33. The molecular formula is C20H20ClF3N6O2. The molecule has 1 saturated heterocycles. The van der Waals surface area contributed by atoms with E-state index in [2.05, 4.69) is 20.6 Å². The van der Waals surface area contributed by atoms with Gasteiger partial charge in [0.25, 0.3) is 6.43 Å². The number of fused-ring (bicyclic) bond motifs is 1. The topological polar surface area (TPSA) is 90.5 Å². The van der Waals surface area contributed by atoms with Crippen LogP contribution in [0.25, 0.3) is 0 Å². The molecule has 32 heavy (non-hydrogen) atoms. The van der Waals surface area contributed by atoms with Gasteiger partial charge in [-0.25, -0.2) is 27.9 Å². The molecule has 0 spiro atoms. The Morgan fingerprint density at radius 2 is 1.94 bits per heavy atom. The van der Waals surface area contributed by atoms with Gasteiger partial charge >= 0.3 is 6.03 Å². The Bertz CT molecular complexity index is 1070. The molecule has 2 aromatic rings. The molecule has 0 radical (unpaired) electrons. The quantitative estimate of drug-likeness (QED) is 0.672. The maximum absolute atomic E-state index is 14.6. The Morgan fingerprint density at radius 3 is 2.66 bits per heavy atom. The number of piperazine rings is 1. The van der Waals surface area contributed by atoms with E-state index in [4.69, 9.17) is 11.6 Å². The van der Waals surface area contributed by atoms with Gasteiger partial charge in [0.1, 0.15) is 18.2 Å². The normalized spacial score (nSPS) is 16.8. The van der Waals surface area contributed by atoms with Crippen molar-refractivity contribution < 1.29 is 22.8 Å². The number of amides is 3. The van der Waals surface area contributed by atoms with Crippen LogP contribution in [0.3, 0.4) is 0 Å². The third-order valence-corrected chi connectivity index (χ3v) is 5.62. The van der Waals surface area contributed by atoms with Crippen LogP contribution in [-0.2, 0) is 17.9 Å². The molecule has 0 aliphatic carbocycles. The van der Waals surface area contributed by atoms with E-state index in [9.17, 15) is 22.8 Å². The van der Waals surface area contributed by atoms with E-state index >= 15 is 0 Å². The molecule has 3 heterocycles. The van der Waals surface area contributed by atoms with Gasteiger partial charge in [0.2, 0.25) is 11.2 Å². The number of hydrogen-bond acceptors (Lipinski definition) is 5. The van der Waals surface area contributed by atoms with Crippen LogP contribution < -0.4 is 10.6 Å².